The van der Waals surface area contributed by atoms with Gasteiger partial charge in [0.05, 0.1) is 6.26 Å². The van der Waals surface area contributed by atoms with Crippen LogP contribution in [0.3, 0.4) is 0 Å². The molecule has 5 rings (SSSR count). The molecule has 2 aromatic rings. The maximum Gasteiger partial charge on any atom is 0.133 e. The summed E-state index contributed by atoms with van der Waals surface area (Å²) in [5.41, 5.74) is 2.40. The first-order valence-corrected chi connectivity index (χ1v) is 7.66. The Morgan fingerprint density at radius 1 is 1.15 bits per heavy atom. The van der Waals surface area contributed by atoms with E-state index < -0.39 is 0 Å². The molecular weight excluding hydrogens is 248 g/mol. The first kappa shape index (κ1) is 12.4. The number of furan rings is 1. The molecule has 0 N–H and O–H groups in total. The lowest BCUT2D eigenvalue weighted by molar-refractivity contribution is 0.165. The number of hydrogen-bond donors (Lipinski definition) is 0. The van der Waals surface area contributed by atoms with Crippen LogP contribution in [0.5, 0.6) is 0 Å². The Morgan fingerprint density at radius 2 is 2.10 bits per heavy atom. The summed E-state index contributed by atoms with van der Waals surface area (Å²) in [6.07, 6.45) is 4.56. The Labute approximate surface area is 120 Å². The van der Waals surface area contributed by atoms with Gasteiger partial charge in [-0.3, -0.25) is 4.90 Å². The van der Waals surface area contributed by atoms with Crippen LogP contribution < -0.4 is 0 Å². The number of rotatable bonds is 2. The molecule has 3 heteroatoms. The second kappa shape index (κ2) is 4.90. The maximum atomic E-state index is 5.42. The van der Waals surface area contributed by atoms with Crippen molar-refractivity contribution < 1.29 is 4.42 Å². The van der Waals surface area contributed by atoms with Gasteiger partial charge >= 0.3 is 0 Å². The number of piperidine rings is 1. The fourth-order valence-electron chi connectivity index (χ4n) is 3.92. The average molecular weight is 270 g/mol. The Morgan fingerprint density at radius 3 is 3.00 bits per heavy atom. The van der Waals surface area contributed by atoms with Gasteiger partial charge in [0.1, 0.15) is 5.58 Å². The molecule has 0 unspecified atom stereocenters. The van der Waals surface area contributed by atoms with Crippen molar-refractivity contribution in [2.45, 2.75) is 25.4 Å². The summed E-state index contributed by atoms with van der Waals surface area (Å²) in [7, 11) is 2.29. The van der Waals surface area contributed by atoms with Gasteiger partial charge in [0.25, 0.3) is 0 Å². The van der Waals surface area contributed by atoms with Crippen LogP contribution in [0.15, 0.2) is 34.9 Å². The molecule has 4 heterocycles. The molecule has 0 saturated carbocycles. The highest BCUT2D eigenvalue weighted by molar-refractivity contribution is 5.77. The predicted molar refractivity (Wildman–Crippen MR) is 80.6 cm³/mol. The molecule has 106 valence electrons. The summed E-state index contributed by atoms with van der Waals surface area (Å²) >= 11 is 0. The Kier molecular flexibility index (Phi) is 3.04. The van der Waals surface area contributed by atoms with Crippen LogP contribution >= 0.6 is 0 Å². The molecule has 0 radical (unpaired) electrons. The molecule has 2 bridgehead atoms. The van der Waals surface area contributed by atoms with Gasteiger partial charge in [-0.05, 0) is 49.6 Å². The molecular formula is C17H22N2O. The lowest BCUT2D eigenvalue weighted by atomic mass is 9.96. The van der Waals surface area contributed by atoms with Gasteiger partial charge in [-0.25, -0.2) is 0 Å². The van der Waals surface area contributed by atoms with Crippen LogP contribution in [0.2, 0.25) is 0 Å². The largest absolute Gasteiger partial charge is 0.464 e. The molecule has 0 amide bonds. The van der Waals surface area contributed by atoms with Crippen LogP contribution in [0, 0.1) is 5.92 Å². The summed E-state index contributed by atoms with van der Waals surface area (Å²) in [4.78, 5) is 5.21. The fraction of sp³-hybridized carbons (Fsp3) is 0.529. The second-order valence-corrected chi connectivity index (χ2v) is 6.52. The van der Waals surface area contributed by atoms with Crippen molar-refractivity contribution in [3.05, 3.63) is 36.1 Å². The Balaban J connectivity index is 1.53. The zero-order valence-electron chi connectivity index (χ0n) is 12.1. The lowest BCUT2D eigenvalue weighted by Gasteiger charge is -2.32. The van der Waals surface area contributed by atoms with E-state index >= 15 is 0 Å². The van der Waals surface area contributed by atoms with Gasteiger partial charge in [-0.15, -0.1) is 0 Å². The molecule has 3 saturated heterocycles. The van der Waals surface area contributed by atoms with Crippen molar-refractivity contribution in [3.63, 3.8) is 0 Å². The molecule has 0 spiro atoms. The minimum atomic E-state index is 0.756. The van der Waals surface area contributed by atoms with Gasteiger partial charge in [0.2, 0.25) is 0 Å². The molecule has 1 aromatic heterocycles. The van der Waals surface area contributed by atoms with Gasteiger partial charge in [0, 0.05) is 37.6 Å². The number of benzene rings is 1. The van der Waals surface area contributed by atoms with E-state index in [1.54, 1.807) is 6.26 Å². The van der Waals surface area contributed by atoms with E-state index in [0.29, 0.717) is 0 Å². The first-order chi connectivity index (χ1) is 9.78. The number of likely N-dealkylation sites (N-methyl/N-ethyl adjacent to an activating group) is 1. The van der Waals surface area contributed by atoms with Crippen molar-refractivity contribution in [1.82, 2.24) is 9.80 Å². The van der Waals surface area contributed by atoms with Crippen molar-refractivity contribution in [3.8, 4) is 0 Å². The van der Waals surface area contributed by atoms with Crippen LogP contribution in [-0.2, 0) is 6.54 Å². The summed E-state index contributed by atoms with van der Waals surface area (Å²) in [5.74, 6) is 0.858. The summed E-state index contributed by atoms with van der Waals surface area (Å²) < 4.78 is 5.42. The average Bonchev–Trinajstić information content (AvgIpc) is 2.74. The zero-order valence-corrected chi connectivity index (χ0v) is 12.1. The summed E-state index contributed by atoms with van der Waals surface area (Å²) in [5, 5.41) is 1.22. The smallest absolute Gasteiger partial charge is 0.133 e. The summed E-state index contributed by atoms with van der Waals surface area (Å²) in [6.45, 7) is 4.82. The SMILES string of the molecule is CN1C[C@H]2CC[C@@H]1CN(Cc1ccc3occc3c1)C2. The second-order valence-electron chi connectivity index (χ2n) is 6.52. The van der Waals surface area contributed by atoms with E-state index in [-0.39, 0.29) is 0 Å². The Hall–Kier alpha value is -1.32. The molecule has 0 aliphatic carbocycles. The molecule has 3 aliphatic heterocycles. The molecule has 3 aliphatic rings. The van der Waals surface area contributed by atoms with Crippen molar-refractivity contribution in [1.29, 1.82) is 0 Å². The topological polar surface area (TPSA) is 19.6 Å². The maximum absolute atomic E-state index is 5.42. The standard InChI is InChI=1S/C17H22N2O/c1-18-9-14-2-4-16(18)12-19(11-14)10-13-3-5-17-15(8-13)6-7-20-17/h3,5-8,14,16H,2,4,9-12H2,1H3/t14-,16-/m1/s1. The highest BCUT2D eigenvalue weighted by atomic mass is 16.3. The molecule has 3 nitrogen and oxygen atoms in total. The number of fused-ring (bicyclic) bond motifs is 5. The van der Waals surface area contributed by atoms with Gasteiger partial charge in [-0.1, -0.05) is 6.07 Å². The molecule has 1 aromatic carbocycles. The normalized spacial score (nSPS) is 28.1. The zero-order chi connectivity index (χ0) is 13.5. The fourth-order valence-corrected chi connectivity index (χ4v) is 3.92. The first-order valence-electron chi connectivity index (χ1n) is 7.66. The van der Waals surface area contributed by atoms with Crippen molar-refractivity contribution in [2.24, 2.45) is 5.92 Å². The molecule has 3 fully saturated rings. The van der Waals surface area contributed by atoms with E-state index in [1.165, 1.54) is 43.4 Å². The van der Waals surface area contributed by atoms with E-state index in [1.807, 2.05) is 0 Å². The summed E-state index contributed by atoms with van der Waals surface area (Å²) in [6, 6.07) is 9.39. The third kappa shape index (κ3) is 2.25. The van der Waals surface area contributed by atoms with Crippen LogP contribution in [0.25, 0.3) is 11.0 Å². The van der Waals surface area contributed by atoms with Crippen molar-refractivity contribution >= 4 is 11.0 Å². The Bertz CT molecular complexity index is 606. The quantitative estimate of drug-likeness (QED) is 0.836. The third-order valence-corrected chi connectivity index (χ3v) is 4.99. The predicted octanol–water partition coefficient (Wildman–Crippen LogP) is 2.96. The number of nitrogens with zero attached hydrogens (tertiary/aromatic N) is 2. The molecule has 20 heavy (non-hydrogen) atoms. The van der Waals surface area contributed by atoms with E-state index in [9.17, 15) is 0 Å². The van der Waals surface area contributed by atoms with Crippen LogP contribution in [0.1, 0.15) is 18.4 Å². The lowest BCUT2D eigenvalue weighted by Crippen LogP contribution is -2.40. The molecule has 2 atom stereocenters. The minimum absolute atomic E-state index is 0.756. The monoisotopic (exact) mass is 270 g/mol. The van der Waals surface area contributed by atoms with Crippen molar-refractivity contribution in [2.75, 3.05) is 26.7 Å². The van der Waals surface area contributed by atoms with Gasteiger partial charge in [0.15, 0.2) is 0 Å². The van der Waals surface area contributed by atoms with E-state index in [0.717, 1.165) is 24.1 Å². The van der Waals surface area contributed by atoms with Crippen LogP contribution in [-0.4, -0.2) is 42.5 Å². The van der Waals surface area contributed by atoms with Gasteiger partial charge in [-0.2, -0.15) is 0 Å². The highest BCUT2D eigenvalue weighted by Gasteiger charge is 2.32. The minimum Gasteiger partial charge on any atom is -0.464 e. The third-order valence-electron chi connectivity index (χ3n) is 4.99. The number of hydrogen-bond acceptors (Lipinski definition) is 3. The van der Waals surface area contributed by atoms with E-state index in [4.69, 9.17) is 4.42 Å². The highest BCUT2D eigenvalue weighted by Crippen LogP contribution is 2.28. The van der Waals surface area contributed by atoms with Gasteiger partial charge < -0.3 is 9.32 Å². The van der Waals surface area contributed by atoms with Crippen LogP contribution in [0.4, 0.5) is 0 Å². The van der Waals surface area contributed by atoms with E-state index in [2.05, 4.69) is 41.1 Å².